The molecule has 2 heterocycles. The Bertz CT molecular complexity index is 652. The summed E-state index contributed by atoms with van der Waals surface area (Å²) in [7, 11) is 0. The number of rotatable bonds is 4. The number of benzene rings is 1. The van der Waals surface area contributed by atoms with E-state index in [1.54, 1.807) is 0 Å². The van der Waals surface area contributed by atoms with E-state index in [0.29, 0.717) is 19.8 Å². The Morgan fingerprint density at radius 2 is 2.33 bits per heavy atom. The summed E-state index contributed by atoms with van der Waals surface area (Å²) in [6.45, 7) is 3.31. The molecule has 112 valence electrons. The van der Waals surface area contributed by atoms with Gasteiger partial charge in [-0.25, -0.2) is 0 Å². The van der Waals surface area contributed by atoms with E-state index in [9.17, 15) is 4.79 Å². The Kier molecular flexibility index (Phi) is 3.69. The molecule has 0 saturated carbocycles. The number of H-pyrrole nitrogens is 1. The lowest BCUT2D eigenvalue weighted by Crippen LogP contribution is -2.50. The molecule has 2 atom stereocenters. The van der Waals surface area contributed by atoms with E-state index >= 15 is 0 Å². The maximum Gasteiger partial charge on any atom is 0.229 e. The number of carbonyl (C=O) groups excluding carboxylic acids is 1. The van der Waals surface area contributed by atoms with Gasteiger partial charge in [0, 0.05) is 29.7 Å². The number of hydrogen-bond acceptors (Lipinski definition) is 3. The molecule has 1 fully saturated rings. The number of aromatic amines is 1. The van der Waals surface area contributed by atoms with Gasteiger partial charge in [-0.3, -0.25) is 4.79 Å². The second kappa shape index (κ2) is 5.50. The van der Waals surface area contributed by atoms with Crippen molar-refractivity contribution >= 4 is 16.8 Å². The topological polar surface area (TPSA) is 80.1 Å². The minimum absolute atomic E-state index is 0.0210. The smallest absolute Gasteiger partial charge is 0.229 e. The van der Waals surface area contributed by atoms with Gasteiger partial charge in [-0.05, 0) is 25.0 Å². The number of ether oxygens (including phenoxy) is 1. The lowest BCUT2D eigenvalue weighted by atomic mass is 9.85. The molecule has 1 aliphatic rings. The summed E-state index contributed by atoms with van der Waals surface area (Å²) in [6.07, 6.45) is 2.80. The van der Waals surface area contributed by atoms with Crippen LogP contribution in [-0.2, 0) is 16.0 Å². The van der Waals surface area contributed by atoms with Crippen molar-refractivity contribution in [2.45, 2.75) is 19.4 Å². The Labute approximate surface area is 123 Å². The first-order valence-corrected chi connectivity index (χ1v) is 7.28. The highest BCUT2D eigenvalue weighted by molar-refractivity contribution is 5.84. The van der Waals surface area contributed by atoms with Gasteiger partial charge in [0.05, 0.1) is 18.6 Å². The van der Waals surface area contributed by atoms with Crippen molar-refractivity contribution < 1.29 is 9.53 Å². The fourth-order valence-electron chi connectivity index (χ4n) is 2.77. The van der Waals surface area contributed by atoms with Crippen molar-refractivity contribution in [3.63, 3.8) is 0 Å². The van der Waals surface area contributed by atoms with Crippen LogP contribution in [0.25, 0.3) is 10.9 Å². The number of hydrogen-bond donors (Lipinski definition) is 3. The lowest BCUT2D eigenvalue weighted by molar-refractivity contribution is -0.130. The molecule has 0 aliphatic carbocycles. The summed E-state index contributed by atoms with van der Waals surface area (Å²) >= 11 is 0. The zero-order valence-corrected chi connectivity index (χ0v) is 12.2. The van der Waals surface area contributed by atoms with Crippen molar-refractivity contribution in [2.24, 2.45) is 11.1 Å². The van der Waals surface area contributed by atoms with E-state index in [-0.39, 0.29) is 11.9 Å². The average molecular weight is 287 g/mol. The number of carbonyl (C=O) groups is 1. The summed E-state index contributed by atoms with van der Waals surface area (Å²) < 4.78 is 5.31. The molecule has 1 saturated heterocycles. The lowest BCUT2D eigenvalue weighted by Gasteiger charge is -2.25. The monoisotopic (exact) mass is 287 g/mol. The number of aromatic nitrogens is 1. The van der Waals surface area contributed by atoms with Gasteiger partial charge in [-0.1, -0.05) is 18.2 Å². The van der Waals surface area contributed by atoms with E-state index in [1.165, 1.54) is 10.9 Å². The number of fused-ring (bicyclic) bond motifs is 1. The van der Waals surface area contributed by atoms with Gasteiger partial charge in [0.25, 0.3) is 0 Å². The van der Waals surface area contributed by atoms with E-state index in [4.69, 9.17) is 10.5 Å². The van der Waals surface area contributed by atoms with Crippen LogP contribution in [0.4, 0.5) is 0 Å². The predicted octanol–water partition coefficient (Wildman–Crippen LogP) is 1.19. The zero-order chi connectivity index (χ0) is 14.9. The zero-order valence-electron chi connectivity index (χ0n) is 12.2. The third kappa shape index (κ3) is 2.54. The van der Waals surface area contributed by atoms with Gasteiger partial charge in [0.2, 0.25) is 5.91 Å². The molecule has 21 heavy (non-hydrogen) atoms. The molecule has 5 heteroatoms. The normalized spacial score (nSPS) is 25.3. The highest BCUT2D eigenvalue weighted by Gasteiger charge is 2.44. The molecule has 5 nitrogen and oxygen atoms in total. The van der Waals surface area contributed by atoms with Crippen molar-refractivity contribution in [1.29, 1.82) is 0 Å². The third-order valence-corrected chi connectivity index (χ3v) is 4.39. The third-order valence-electron chi connectivity index (χ3n) is 4.39. The van der Waals surface area contributed by atoms with Gasteiger partial charge in [-0.2, -0.15) is 0 Å². The van der Waals surface area contributed by atoms with Crippen LogP contribution in [0.5, 0.6) is 0 Å². The van der Waals surface area contributed by atoms with Crippen LogP contribution >= 0.6 is 0 Å². The quantitative estimate of drug-likeness (QED) is 0.790. The van der Waals surface area contributed by atoms with Crippen molar-refractivity contribution in [3.8, 4) is 0 Å². The molecule has 0 radical (unpaired) electrons. The molecule has 2 unspecified atom stereocenters. The van der Waals surface area contributed by atoms with Crippen molar-refractivity contribution in [1.82, 2.24) is 10.3 Å². The first-order valence-electron chi connectivity index (χ1n) is 7.28. The van der Waals surface area contributed by atoms with Crippen LogP contribution in [-0.4, -0.2) is 36.7 Å². The second-order valence-electron chi connectivity index (χ2n) is 5.90. The highest BCUT2D eigenvalue weighted by atomic mass is 16.5. The Balaban J connectivity index is 1.60. The van der Waals surface area contributed by atoms with Crippen LogP contribution < -0.4 is 11.1 Å². The maximum absolute atomic E-state index is 12.3. The van der Waals surface area contributed by atoms with Crippen LogP contribution in [0.15, 0.2) is 30.5 Å². The van der Waals surface area contributed by atoms with Gasteiger partial charge < -0.3 is 20.8 Å². The Hall–Kier alpha value is -1.85. The standard InChI is InChI=1S/C16H21N3O2/c1-16(10-21-9-14(16)17)15(20)18-7-6-11-8-19-13-5-3-2-4-12(11)13/h2-5,8,14,19H,6-7,9-10,17H2,1H3,(H,18,20). The minimum atomic E-state index is -0.611. The van der Waals surface area contributed by atoms with Gasteiger partial charge in [0.15, 0.2) is 0 Å². The average Bonchev–Trinajstić information content (AvgIpc) is 3.05. The van der Waals surface area contributed by atoms with Crippen LogP contribution in [0.1, 0.15) is 12.5 Å². The molecule has 4 N–H and O–H groups in total. The molecule has 1 amide bonds. The molecular weight excluding hydrogens is 266 g/mol. The van der Waals surface area contributed by atoms with E-state index in [2.05, 4.69) is 16.4 Å². The van der Waals surface area contributed by atoms with Gasteiger partial charge in [0.1, 0.15) is 0 Å². The number of nitrogens with two attached hydrogens (primary N) is 1. The maximum atomic E-state index is 12.3. The molecule has 1 aliphatic heterocycles. The molecular formula is C16H21N3O2. The highest BCUT2D eigenvalue weighted by Crippen LogP contribution is 2.27. The predicted molar refractivity (Wildman–Crippen MR) is 81.9 cm³/mol. The second-order valence-corrected chi connectivity index (χ2v) is 5.90. The van der Waals surface area contributed by atoms with E-state index < -0.39 is 5.41 Å². The van der Waals surface area contributed by atoms with E-state index in [1.807, 2.05) is 31.3 Å². The van der Waals surface area contributed by atoms with Crippen LogP contribution in [0.2, 0.25) is 0 Å². The van der Waals surface area contributed by atoms with Crippen LogP contribution in [0, 0.1) is 5.41 Å². The first-order chi connectivity index (χ1) is 10.1. The molecule has 0 bridgehead atoms. The SMILES string of the molecule is CC1(C(=O)NCCc2c[nH]c3ccccc23)COCC1N. The summed E-state index contributed by atoms with van der Waals surface area (Å²) in [5.74, 6) is -0.0210. The van der Waals surface area contributed by atoms with Gasteiger partial charge in [-0.15, -0.1) is 0 Å². The van der Waals surface area contributed by atoms with E-state index in [0.717, 1.165) is 11.9 Å². The number of nitrogens with one attached hydrogen (secondary N) is 2. The molecule has 2 aromatic rings. The Morgan fingerprint density at radius 3 is 3.10 bits per heavy atom. The minimum Gasteiger partial charge on any atom is -0.379 e. The van der Waals surface area contributed by atoms with Crippen LogP contribution in [0.3, 0.4) is 0 Å². The van der Waals surface area contributed by atoms with Crippen molar-refractivity contribution in [2.75, 3.05) is 19.8 Å². The fourth-order valence-corrected chi connectivity index (χ4v) is 2.77. The summed E-state index contributed by atoms with van der Waals surface area (Å²) in [5.41, 5.74) is 7.69. The molecule has 0 spiro atoms. The largest absolute Gasteiger partial charge is 0.379 e. The van der Waals surface area contributed by atoms with Crippen molar-refractivity contribution in [3.05, 3.63) is 36.0 Å². The summed E-state index contributed by atoms with van der Waals surface area (Å²) in [4.78, 5) is 15.5. The fraction of sp³-hybridized carbons (Fsp3) is 0.438. The summed E-state index contributed by atoms with van der Waals surface area (Å²) in [5, 5.41) is 4.19. The number of amides is 1. The molecule has 1 aromatic heterocycles. The molecule has 3 rings (SSSR count). The number of para-hydroxylation sites is 1. The Morgan fingerprint density at radius 1 is 1.52 bits per heavy atom. The molecule has 1 aromatic carbocycles. The van der Waals surface area contributed by atoms with Gasteiger partial charge >= 0.3 is 0 Å². The first kappa shape index (κ1) is 14.1. The summed E-state index contributed by atoms with van der Waals surface area (Å²) in [6, 6.07) is 7.93.